The Labute approximate surface area is 156 Å². The van der Waals surface area contributed by atoms with Crippen molar-refractivity contribution in [3.05, 3.63) is 53.2 Å². The van der Waals surface area contributed by atoms with Gasteiger partial charge in [-0.2, -0.15) is 18.3 Å². The Balaban J connectivity index is 1.81. The quantitative estimate of drug-likeness (QED) is 0.855. The number of pyridine rings is 1. The van der Waals surface area contributed by atoms with Crippen molar-refractivity contribution in [3.63, 3.8) is 0 Å². The van der Waals surface area contributed by atoms with E-state index in [1.807, 2.05) is 0 Å². The van der Waals surface area contributed by atoms with Gasteiger partial charge in [0, 0.05) is 19.0 Å². The van der Waals surface area contributed by atoms with Gasteiger partial charge in [-0.05, 0) is 18.2 Å². The van der Waals surface area contributed by atoms with Crippen LogP contribution in [0.25, 0.3) is 0 Å². The second-order valence-electron chi connectivity index (χ2n) is 5.59. The van der Waals surface area contributed by atoms with E-state index in [1.54, 1.807) is 30.3 Å². The van der Waals surface area contributed by atoms with Crippen molar-refractivity contribution in [3.8, 4) is 0 Å². The number of rotatable bonds is 3. The van der Waals surface area contributed by atoms with Crippen LogP contribution < -0.4 is 10.3 Å². The highest BCUT2D eigenvalue weighted by Gasteiger charge is 2.32. The van der Waals surface area contributed by atoms with Crippen LogP contribution in [0.1, 0.15) is 18.4 Å². The molecule has 27 heavy (non-hydrogen) atoms. The van der Waals surface area contributed by atoms with Gasteiger partial charge in [0.2, 0.25) is 5.91 Å². The van der Waals surface area contributed by atoms with Crippen molar-refractivity contribution in [2.45, 2.75) is 19.0 Å². The number of hydrazone groups is 1. The summed E-state index contributed by atoms with van der Waals surface area (Å²) in [6.45, 7) is 0. The summed E-state index contributed by atoms with van der Waals surface area (Å²) < 4.78 is 38.0. The Hall–Kier alpha value is -2.94. The lowest BCUT2D eigenvalue weighted by Crippen LogP contribution is -2.36. The van der Waals surface area contributed by atoms with Crippen LogP contribution in [0, 0.1) is 0 Å². The number of hydrogen-bond acceptors (Lipinski definition) is 4. The first-order valence-electron chi connectivity index (χ1n) is 7.75. The molecule has 2 amide bonds. The van der Waals surface area contributed by atoms with Crippen molar-refractivity contribution in [1.29, 1.82) is 0 Å². The number of nitrogens with one attached hydrogen (secondary N) is 1. The number of aromatic nitrogens is 1. The summed E-state index contributed by atoms with van der Waals surface area (Å²) in [7, 11) is 0. The summed E-state index contributed by atoms with van der Waals surface area (Å²) in [5, 5.41) is 7.14. The first kappa shape index (κ1) is 18.8. The van der Waals surface area contributed by atoms with Gasteiger partial charge < -0.3 is 5.32 Å². The zero-order chi connectivity index (χ0) is 19.6. The molecule has 0 unspecified atom stereocenters. The molecule has 0 radical (unpaired) electrons. The molecule has 140 valence electrons. The minimum Gasteiger partial charge on any atom is -0.304 e. The van der Waals surface area contributed by atoms with E-state index in [2.05, 4.69) is 15.4 Å². The number of amides is 2. The smallest absolute Gasteiger partial charge is 0.304 e. The Morgan fingerprint density at radius 2 is 1.89 bits per heavy atom. The fourth-order valence-corrected chi connectivity index (χ4v) is 2.57. The van der Waals surface area contributed by atoms with Gasteiger partial charge in [0.1, 0.15) is 5.71 Å². The summed E-state index contributed by atoms with van der Waals surface area (Å²) in [6, 6.07) is 9.21. The number of carbonyl (C=O) groups excluding carboxylic acids is 2. The number of nitrogens with zero attached hydrogens (tertiary/aromatic N) is 3. The number of benzene rings is 1. The van der Waals surface area contributed by atoms with Crippen molar-refractivity contribution in [2.75, 3.05) is 10.3 Å². The lowest BCUT2D eigenvalue weighted by molar-refractivity contribution is -0.137. The van der Waals surface area contributed by atoms with Crippen LogP contribution in [0.4, 0.5) is 24.7 Å². The Morgan fingerprint density at radius 1 is 1.19 bits per heavy atom. The fourth-order valence-electron chi connectivity index (χ4n) is 2.35. The number of alkyl halides is 3. The molecule has 1 N–H and O–H groups in total. The molecule has 0 saturated heterocycles. The maximum absolute atomic E-state index is 12.7. The highest BCUT2D eigenvalue weighted by molar-refractivity contribution is 6.45. The summed E-state index contributed by atoms with van der Waals surface area (Å²) in [6.07, 6.45) is -3.87. The van der Waals surface area contributed by atoms with Gasteiger partial charge in [-0.15, -0.1) is 0 Å². The minimum atomic E-state index is -4.59. The molecule has 1 aliphatic rings. The standard InChI is InChI=1S/C17H12ClF3N4O2/c18-12-8-10(17(19,20)21)9-22-15(12)23-16(27)13-6-7-14(26)25(24-13)11-4-2-1-3-5-11/h1-5,8-9H,6-7H2,(H,22,23,27). The van der Waals surface area contributed by atoms with Crippen LogP contribution in [-0.2, 0) is 15.8 Å². The van der Waals surface area contributed by atoms with Crippen molar-refractivity contribution >= 4 is 40.6 Å². The van der Waals surface area contributed by atoms with E-state index < -0.39 is 17.6 Å². The maximum Gasteiger partial charge on any atom is 0.417 e. The van der Waals surface area contributed by atoms with Crippen LogP contribution in [0.2, 0.25) is 5.02 Å². The van der Waals surface area contributed by atoms with E-state index in [0.717, 1.165) is 5.01 Å². The molecule has 10 heteroatoms. The van der Waals surface area contributed by atoms with Gasteiger partial charge >= 0.3 is 6.18 Å². The van der Waals surface area contributed by atoms with Crippen molar-refractivity contribution < 1.29 is 22.8 Å². The molecule has 0 spiro atoms. The third-order valence-corrected chi connectivity index (χ3v) is 3.98. The van der Waals surface area contributed by atoms with Gasteiger partial charge in [0.15, 0.2) is 5.82 Å². The SMILES string of the molecule is O=C(Nc1ncc(C(F)(F)F)cc1Cl)C1=NN(c2ccccc2)C(=O)CC1. The molecule has 3 rings (SSSR count). The molecular formula is C17H12ClF3N4O2. The molecule has 1 aromatic carbocycles. The van der Waals surface area contributed by atoms with E-state index in [4.69, 9.17) is 11.6 Å². The molecule has 0 atom stereocenters. The second kappa shape index (κ2) is 7.36. The lowest BCUT2D eigenvalue weighted by atomic mass is 10.1. The monoisotopic (exact) mass is 396 g/mol. The molecule has 1 aromatic heterocycles. The lowest BCUT2D eigenvalue weighted by Gasteiger charge is -2.23. The summed E-state index contributed by atoms with van der Waals surface area (Å²) >= 11 is 5.78. The van der Waals surface area contributed by atoms with Gasteiger partial charge in [-0.3, -0.25) is 9.59 Å². The summed E-state index contributed by atoms with van der Waals surface area (Å²) in [4.78, 5) is 28.0. The zero-order valence-corrected chi connectivity index (χ0v) is 14.4. The first-order valence-corrected chi connectivity index (χ1v) is 8.13. The Kier molecular flexibility index (Phi) is 5.13. The van der Waals surface area contributed by atoms with Crippen LogP contribution in [0.15, 0.2) is 47.7 Å². The van der Waals surface area contributed by atoms with Crippen molar-refractivity contribution in [1.82, 2.24) is 4.98 Å². The first-order chi connectivity index (χ1) is 12.8. The van der Waals surface area contributed by atoms with Gasteiger partial charge in [-0.1, -0.05) is 29.8 Å². The van der Waals surface area contributed by atoms with Gasteiger partial charge in [0.05, 0.1) is 16.3 Å². The third-order valence-electron chi connectivity index (χ3n) is 3.70. The maximum atomic E-state index is 12.7. The van der Waals surface area contributed by atoms with E-state index in [1.165, 1.54) is 0 Å². The van der Waals surface area contributed by atoms with E-state index in [9.17, 15) is 22.8 Å². The average molecular weight is 397 g/mol. The summed E-state index contributed by atoms with van der Waals surface area (Å²) in [5.41, 5.74) is -0.490. The minimum absolute atomic E-state index is 0.0382. The molecule has 1 aliphatic heterocycles. The van der Waals surface area contributed by atoms with Crippen LogP contribution in [0.3, 0.4) is 0 Å². The van der Waals surface area contributed by atoms with Crippen LogP contribution in [-0.4, -0.2) is 22.5 Å². The number of halogens is 4. The van der Waals surface area contributed by atoms with Crippen LogP contribution >= 0.6 is 11.6 Å². The molecule has 0 aliphatic carbocycles. The fraction of sp³-hybridized carbons (Fsp3) is 0.176. The molecular weight excluding hydrogens is 385 g/mol. The average Bonchev–Trinajstić information content (AvgIpc) is 2.63. The summed E-state index contributed by atoms with van der Waals surface area (Å²) in [5.74, 6) is -1.19. The largest absolute Gasteiger partial charge is 0.417 e. The van der Waals surface area contributed by atoms with Gasteiger partial charge in [0.25, 0.3) is 5.91 Å². The number of anilines is 2. The normalized spacial score (nSPS) is 14.7. The Morgan fingerprint density at radius 3 is 2.52 bits per heavy atom. The number of carbonyl (C=O) groups is 2. The van der Waals surface area contributed by atoms with Gasteiger partial charge in [-0.25, -0.2) is 9.99 Å². The van der Waals surface area contributed by atoms with Crippen LogP contribution in [0.5, 0.6) is 0 Å². The number of hydrogen-bond donors (Lipinski definition) is 1. The predicted molar refractivity (Wildman–Crippen MR) is 93.5 cm³/mol. The zero-order valence-electron chi connectivity index (χ0n) is 13.6. The molecule has 0 bridgehead atoms. The Bertz CT molecular complexity index is 916. The van der Waals surface area contributed by atoms with Crippen molar-refractivity contribution in [2.24, 2.45) is 5.10 Å². The topological polar surface area (TPSA) is 74.7 Å². The highest BCUT2D eigenvalue weighted by Crippen LogP contribution is 2.32. The molecule has 6 nitrogen and oxygen atoms in total. The third kappa shape index (κ3) is 4.25. The van der Waals surface area contributed by atoms with E-state index in [-0.39, 0.29) is 35.3 Å². The molecule has 2 aromatic rings. The highest BCUT2D eigenvalue weighted by atomic mass is 35.5. The van der Waals surface area contributed by atoms with E-state index >= 15 is 0 Å². The van der Waals surface area contributed by atoms with E-state index in [0.29, 0.717) is 18.0 Å². The second-order valence-corrected chi connectivity index (χ2v) is 6.00. The predicted octanol–water partition coefficient (Wildman–Crippen LogP) is 3.88. The molecule has 0 saturated carbocycles. The number of para-hydroxylation sites is 1. The molecule has 2 heterocycles. The molecule has 0 fully saturated rings.